The average Bonchev–Trinajstić information content (AvgIpc) is 2.28. The summed E-state index contributed by atoms with van der Waals surface area (Å²) >= 11 is 0. The normalized spacial score (nSPS) is 29.5. The van der Waals surface area contributed by atoms with Gasteiger partial charge < -0.3 is 5.32 Å². The van der Waals surface area contributed by atoms with E-state index in [-0.39, 0.29) is 0 Å². The summed E-state index contributed by atoms with van der Waals surface area (Å²) in [5.41, 5.74) is 0. The first kappa shape index (κ1) is 16.0. The highest BCUT2D eigenvalue weighted by Crippen LogP contribution is 2.40. The van der Waals surface area contributed by atoms with Gasteiger partial charge in [-0.2, -0.15) is 0 Å². The van der Waals surface area contributed by atoms with Gasteiger partial charge in [-0.25, -0.2) is 0 Å². The van der Waals surface area contributed by atoms with Crippen molar-refractivity contribution >= 4 is 0 Å². The van der Waals surface area contributed by atoms with Crippen LogP contribution in [0, 0.1) is 35.5 Å². The Morgan fingerprint density at radius 3 is 2.11 bits per heavy atom. The molecule has 3 unspecified atom stereocenters. The fourth-order valence-corrected chi connectivity index (χ4v) is 3.53. The Morgan fingerprint density at radius 2 is 1.61 bits per heavy atom. The minimum atomic E-state index is 0.773. The van der Waals surface area contributed by atoms with Gasteiger partial charge in [-0.05, 0) is 67.9 Å². The van der Waals surface area contributed by atoms with Gasteiger partial charge in [0.2, 0.25) is 0 Å². The maximum absolute atomic E-state index is 3.68. The Kier molecular flexibility index (Phi) is 6.70. The van der Waals surface area contributed by atoms with E-state index in [0.29, 0.717) is 0 Å². The molecule has 0 amide bonds. The summed E-state index contributed by atoms with van der Waals surface area (Å²) in [6.45, 7) is 16.6. The minimum Gasteiger partial charge on any atom is -0.316 e. The Balaban J connectivity index is 2.46. The Bertz CT molecular complexity index is 218. The predicted octanol–water partition coefficient (Wildman–Crippen LogP) is 4.58. The molecule has 0 aromatic carbocycles. The maximum atomic E-state index is 3.68. The van der Waals surface area contributed by atoms with Gasteiger partial charge in [-0.3, -0.25) is 0 Å². The molecule has 1 saturated carbocycles. The van der Waals surface area contributed by atoms with Crippen molar-refractivity contribution in [1.82, 2.24) is 5.32 Å². The van der Waals surface area contributed by atoms with Crippen LogP contribution >= 0.6 is 0 Å². The summed E-state index contributed by atoms with van der Waals surface area (Å²) in [6, 6.07) is 0. The first-order valence-corrected chi connectivity index (χ1v) is 8.12. The van der Waals surface area contributed by atoms with Crippen molar-refractivity contribution < 1.29 is 0 Å². The summed E-state index contributed by atoms with van der Waals surface area (Å²) in [4.78, 5) is 0. The third kappa shape index (κ3) is 4.91. The van der Waals surface area contributed by atoms with Crippen molar-refractivity contribution in [3.63, 3.8) is 0 Å². The second kappa shape index (κ2) is 7.53. The minimum absolute atomic E-state index is 0.773. The van der Waals surface area contributed by atoms with Crippen molar-refractivity contribution in [2.24, 2.45) is 35.5 Å². The highest BCUT2D eigenvalue weighted by molar-refractivity contribution is 4.84. The van der Waals surface area contributed by atoms with Crippen LogP contribution in [0.1, 0.15) is 60.8 Å². The van der Waals surface area contributed by atoms with E-state index >= 15 is 0 Å². The molecule has 1 aliphatic rings. The summed E-state index contributed by atoms with van der Waals surface area (Å²) in [5.74, 6) is 5.31. The van der Waals surface area contributed by atoms with E-state index < -0.39 is 0 Å². The van der Waals surface area contributed by atoms with Crippen LogP contribution < -0.4 is 5.32 Å². The lowest BCUT2D eigenvalue weighted by atomic mass is 9.67. The lowest BCUT2D eigenvalue weighted by Gasteiger charge is -2.40. The van der Waals surface area contributed by atoms with Gasteiger partial charge in [-0.15, -0.1) is 0 Å². The van der Waals surface area contributed by atoms with E-state index in [1.165, 1.54) is 32.4 Å². The molecule has 0 heterocycles. The Morgan fingerprint density at radius 1 is 0.944 bits per heavy atom. The van der Waals surface area contributed by atoms with Gasteiger partial charge in [0, 0.05) is 0 Å². The molecule has 0 aliphatic heterocycles. The van der Waals surface area contributed by atoms with E-state index in [0.717, 1.165) is 35.5 Å². The molecule has 0 aromatic heterocycles. The number of hydrogen-bond acceptors (Lipinski definition) is 1. The third-order valence-corrected chi connectivity index (χ3v) is 4.85. The number of hydrogen-bond donors (Lipinski definition) is 1. The van der Waals surface area contributed by atoms with Crippen molar-refractivity contribution in [2.45, 2.75) is 60.8 Å². The summed E-state index contributed by atoms with van der Waals surface area (Å²) in [6.07, 6.45) is 4.36. The van der Waals surface area contributed by atoms with Gasteiger partial charge in [0.1, 0.15) is 0 Å². The fraction of sp³-hybridized carbons (Fsp3) is 1.00. The van der Waals surface area contributed by atoms with E-state index in [1.54, 1.807) is 0 Å². The molecule has 1 nitrogen and oxygen atoms in total. The van der Waals surface area contributed by atoms with Crippen LogP contribution in [0.15, 0.2) is 0 Å². The second-order valence-electron chi connectivity index (χ2n) is 7.54. The molecule has 0 aromatic rings. The molecule has 108 valence electrons. The van der Waals surface area contributed by atoms with Crippen LogP contribution in [0.25, 0.3) is 0 Å². The highest BCUT2D eigenvalue weighted by Gasteiger charge is 2.33. The predicted molar refractivity (Wildman–Crippen MR) is 81.7 cm³/mol. The number of nitrogens with one attached hydrogen (secondary N) is 1. The van der Waals surface area contributed by atoms with Gasteiger partial charge in [0.05, 0.1) is 0 Å². The van der Waals surface area contributed by atoms with Crippen LogP contribution in [0.5, 0.6) is 0 Å². The summed E-state index contributed by atoms with van der Waals surface area (Å²) < 4.78 is 0. The molecular formula is C17H35N. The topological polar surface area (TPSA) is 12.0 Å². The molecule has 18 heavy (non-hydrogen) atoms. The van der Waals surface area contributed by atoms with E-state index in [9.17, 15) is 0 Å². The molecule has 0 radical (unpaired) electrons. The SMILES string of the molecule is CC(C)CNCC1CCC(C(C)C)CC1C(C)C. The highest BCUT2D eigenvalue weighted by atomic mass is 14.9. The zero-order valence-electron chi connectivity index (χ0n) is 13.5. The van der Waals surface area contributed by atoms with Gasteiger partial charge in [0.15, 0.2) is 0 Å². The molecule has 1 aliphatic carbocycles. The third-order valence-electron chi connectivity index (χ3n) is 4.85. The Labute approximate surface area is 115 Å². The van der Waals surface area contributed by atoms with Crippen LogP contribution in [0.4, 0.5) is 0 Å². The van der Waals surface area contributed by atoms with Crippen LogP contribution in [0.2, 0.25) is 0 Å². The molecule has 0 bridgehead atoms. The van der Waals surface area contributed by atoms with E-state index in [1.807, 2.05) is 0 Å². The molecule has 1 N–H and O–H groups in total. The molecule has 0 spiro atoms. The zero-order valence-corrected chi connectivity index (χ0v) is 13.5. The van der Waals surface area contributed by atoms with E-state index in [2.05, 4.69) is 46.9 Å². The summed E-state index contributed by atoms with van der Waals surface area (Å²) in [7, 11) is 0. The number of rotatable bonds is 6. The zero-order chi connectivity index (χ0) is 13.7. The fourth-order valence-electron chi connectivity index (χ4n) is 3.53. The van der Waals surface area contributed by atoms with Crippen molar-refractivity contribution in [1.29, 1.82) is 0 Å². The van der Waals surface area contributed by atoms with Crippen molar-refractivity contribution in [3.8, 4) is 0 Å². The first-order valence-electron chi connectivity index (χ1n) is 8.12. The van der Waals surface area contributed by atoms with Crippen LogP contribution in [-0.2, 0) is 0 Å². The first-order chi connectivity index (χ1) is 8.41. The smallest absolute Gasteiger partial charge is 0.00177 e. The van der Waals surface area contributed by atoms with Gasteiger partial charge in [0.25, 0.3) is 0 Å². The summed E-state index contributed by atoms with van der Waals surface area (Å²) in [5, 5.41) is 3.68. The molecule has 1 rings (SSSR count). The van der Waals surface area contributed by atoms with Crippen molar-refractivity contribution in [2.75, 3.05) is 13.1 Å². The average molecular weight is 253 g/mol. The van der Waals surface area contributed by atoms with Gasteiger partial charge >= 0.3 is 0 Å². The lowest BCUT2D eigenvalue weighted by molar-refractivity contribution is 0.109. The van der Waals surface area contributed by atoms with Gasteiger partial charge in [-0.1, -0.05) is 41.5 Å². The monoisotopic (exact) mass is 253 g/mol. The molecule has 1 fully saturated rings. The molecule has 0 saturated heterocycles. The quantitative estimate of drug-likeness (QED) is 0.731. The van der Waals surface area contributed by atoms with E-state index in [4.69, 9.17) is 0 Å². The molecule has 1 heteroatoms. The van der Waals surface area contributed by atoms with Crippen molar-refractivity contribution in [3.05, 3.63) is 0 Å². The lowest BCUT2D eigenvalue weighted by Crippen LogP contribution is -2.37. The largest absolute Gasteiger partial charge is 0.316 e. The standard InChI is InChI=1S/C17H35N/c1-12(2)10-18-11-16-8-7-15(13(3)4)9-17(16)14(5)6/h12-18H,7-11H2,1-6H3. The van der Waals surface area contributed by atoms with Crippen LogP contribution in [-0.4, -0.2) is 13.1 Å². The van der Waals surface area contributed by atoms with Crippen LogP contribution in [0.3, 0.4) is 0 Å². The second-order valence-corrected chi connectivity index (χ2v) is 7.54. The molecule has 3 atom stereocenters. The Hall–Kier alpha value is -0.0400. The molecular weight excluding hydrogens is 218 g/mol. The maximum Gasteiger partial charge on any atom is -0.00177 e.